The zero-order chi connectivity index (χ0) is 14.7. The Labute approximate surface area is 126 Å². The van der Waals surface area contributed by atoms with Gasteiger partial charge in [-0.05, 0) is 31.4 Å². The summed E-state index contributed by atoms with van der Waals surface area (Å²) in [4.78, 5) is 17.0. The minimum Gasteiger partial charge on any atom is -0.377 e. The van der Waals surface area contributed by atoms with Crippen LogP contribution >= 0.6 is 0 Å². The molecular formula is C17H24N2O2. The minimum absolute atomic E-state index is 0.171. The van der Waals surface area contributed by atoms with E-state index in [4.69, 9.17) is 4.74 Å². The number of hydrogen-bond donors (Lipinski definition) is 0. The molecule has 2 saturated heterocycles. The van der Waals surface area contributed by atoms with Crippen molar-refractivity contribution in [3.05, 3.63) is 35.4 Å². The zero-order valence-electron chi connectivity index (χ0n) is 12.8. The van der Waals surface area contributed by atoms with Gasteiger partial charge in [0, 0.05) is 44.9 Å². The number of ether oxygens (including phenoxy) is 1. The summed E-state index contributed by atoms with van der Waals surface area (Å²) in [6.45, 7) is 7.48. The monoisotopic (exact) mass is 288 g/mol. The van der Waals surface area contributed by atoms with E-state index >= 15 is 0 Å². The lowest BCUT2D eigenvalue weighted by Crippen LogP contribution is -2.50. The second-order valence-electron chi connectivity index (χ2n) is 6.04. The van der Waals surface area contributed by atoms with Gasteiger partial charge in [-0.15, -0.1) is 0 Å². The fourth-order valence-corrected chi connectivity index (χ4v) is 3.19. The molecule has 1 unspecified atom stereocenters. The number of hydrogen-bond acceptors (Lipinski definition) is 3. The van der Waals surface area contributed by atoms with Gasteiger partial charge in [-0.25, -0.2) is 0 Å². The average molecular weight is 288 g/mol. The van der Waals surface area contributed by atoms with Crippen molar-refractivity contribution in [2.75, 3.05) is 39.3 Å². The summed E-state index contributed by atoms with van der Waals surface area (Å²) in [5.74, 6) is 0.171. The average Bonchev–Trinajstić information content (AvgIpc) is 3.01. The first kappa shape index (κ1) is 14.5. The molecule has 1 aromatic rings. The highest BCUT2D eigenvalue weighted by Gasteiger charge is 2.25. The van der Waals surface area contributed by atoms with E-state index in [0.717, 1.165) is 50.5 Å². The molecule has 1 aromatic carbocycles. The van der Waals surface area contributed by atoms with Crippen molar-refractivity contribution in [1.82, 2.24) is 9.80 Å². The predicted molar refractivity (Wildman–Crippen MR) is 82.5 cm³/mol. The van der Waals surface area contributed by atoms with Gasteiger partial charge in [-0.1, -0.05) is 18.2 Å². The van der Waals surface area contributed by atoms with Crippen molar-refractivity contribution in [2.24, 2.45) is 0 Å². The molecule has 0 aliphatic carbocycles. The van der Waals surface area contributed by atoms with E-state index in [0.29, 0.717) is 6.10 Å². The van der Waals surface area contributed by atoms with E-state index in [1.54, 1.807) is 0 Å². The lowest BCUT2D eigenvalue weighted by Gasteiger charge is -2.36. The molecule has 0 saturated carbocycles. The molecule has 0 spiro atoms. The van der Waals surface area contributed by atoms with Gasteiger partial charge in [0.1, 0.15) is 0 Å². The number of aryl methyl sites for hydroxylation is 1. The highest BCUT2D eigenvalue weighted by atomic mass is 16.5. The van der Waals surface area contributed by atoms with Crippen LogP contribution in [0.25, 0.3) is 0 Å². The van der Waals surface area contributed by atoms with Crippen molar-refractivity contribution in [1.29, 1.82) is 0 Å². The number of piperazine rings is 1. The normalized spacial score (nSPS) is 23.5. The maximum absolute atomic E-state index is 12.6. The number of rotatable bonds is 3. The Bertz CT molecular complexity index is 489. The Morgan fingerprint density at radius 3 is 2.67 bits per heavy atom. The maximum Gasteiger partial charge on any atom is 0.254 e. The summed E-state index contributed by atoms with van der Waals surface area (Å²) in [5.41, 5.74) is 1.90. The molecule has 2 heterocycles. The van der Waals surface area contributed by atoms with Gasteiger partial charge in [0.25, 0.3) is 5.91 Å². The lowest BCUT2D eigenvalue weighted by molar-refractivity contribution is 0.0432. The van der Waals surface area contributed by atoms with Gasteiger partial charge in [-0.3, -0.25) is 9.69 Å². The van der Waals surface area contributed by atoms with Gasteiger partial charge in [-0.2, -0.15) is 0 Å². The van der Waals surface area contributed by atoms with Crippen LogP contribution in [0.3, 0.4) is 0 Å². The molecule has 3 rings (SSSR count). The minimum atomic E-state index is 0.171. The standard InChI is InChI=1S/C17H24N2O2/c1-14-5-2-3-7-16(14)17(20)19-10-8-18(9-11-19)13-15-6-4-12-21-15/h2-3,5,7,15H,4,6,8-13H2,1H3. The van der Waals surface area contributed by atoms with Gasteiger partial charge in [0.15, 0.2) is 0 Å². The Hall–Kier alpha value is -1.39. The van der Waals surface area contributed by atoms with Crippen molar-refractivity contribution >= 4 is 5.91 Å². The van der Waals surface area contributed by atoms with E-state index in [1.807, 2.05) is 36.1 Å². The summed E-state index contributed by atoms with van der Waals surface area (Å²) < 4.78 is 5.69. The molecule has 0 N–H and O–H groups in total. The molecule has 114 valence electrons. The third-order valence-corrected chi connectivity index (χ3v) is 4.52. The van der Waals surface area contributed by atoms with Crippen molar-refractivity contribution < 1.29 is 9.53 Å². The van der Waals surface area contributed by atoms with Gasteiger partial charge in [0.2, 0.25) is 0 Å². The van der Waals surface area contributed by atoms with Crippen LogP contribution in [0.2, 0.25) is 0 Å². The highest BCUT2D eigenvalue weighted by Crippen LogP contribution is 2.16. The third-order valence-electron chi connectivity index (χ3n) is 4.52. The van der Waals surface area contributed by atoms with E-state index in [9.17, 15) is 4.79 Å². The smallest absolute Gasteiger partial charge is 0.254 e. The van der Waals surface area contributed by atoms with Crippen LogP contribution in [0.5, 0.6) is 0 Å². The predicted octanol–water partition coefficient (Wildman–Crippen LogP) is 1.93. The molecule has 2 fully saturated rings. The summed E-state index contributed by atoms with van der Waals surface area (Å²) in [5, 5.41) is 0. The van der Waals surface area contributed by atoms with Crippen molar-refractivity contribution in [2.45, 2.75) is 25.9 Å². The lowest BCUT2D eigenvalue weighted by atomic mass is 10.1. The topological polar surface area (TPSA) is 32.8 Å². The molecule has 0 radical (unpaired) electrons. The summed E-state index contributed by atoms with van der Waals surface area (Å²) in [6.07, 6.45) is 2.78. The van der Waals surface area contributed by atoms with Crippen LogP contribution in [0.15, 0.2) is 24.3 Å². The second-order valence-corrected chi connectivity index (χ2v) is 6.04. The van der Waals surface area contributed by atoms with Crippen LogP contribution in [-0.2, 0) is 4.74 Å². The first-order valence-corrected chi connectivity index (χ1v) is 7.93. The molecule has 1 amide bonds. The number of nitrogens with zero attached hydrogens (tertiary/aromatic N) is 2. The third kappa shape index (κ3) is 3.44. The molecule has 2 aliphatic rings. The number of carbonyl (C=O) groups is 1. The summed E-state index contributed by atoms with van der Waals surface area (Å²) in [6, 6.07) is 7.84. The second kappa shape index (κ2) is 6.58. The molecule has 0 bridgehead atoms. The molecule has 4 heteroatoms. The Kier molecular flexibility index (Phi) is 4.56. The first-order valence-electron chi connectivity index (χ1n) is 7.93. The molecule has 1 atom stereocenters. The number of amides is 1. The first-order chi connectivity index (χ1) is 10.2. The van der Waals surface area contributed by atoms with Gasteiger partial charge < -0.3 is 9.64 Å². The summed E-state index contributed by atoms with van der Waals surface area (Å²) in [7, 11) is 0. The zero-order valence-corrected chi connectivity index (χ0v) is 12.8. The van der Waals surface area contributed by atoms with Crippen LogP contribution in [0.4, 0.5) is 0 Å². The Morgan fingerprint density at radius 2 is 2.00 bits per heavy atom. The van der Waals surface area contributed by atoms with E-state index in [-0.39, 0.29) is 5.91 Å². The quantitative estimate of drug-likeness (QED) is 0.852. The fraction of sp³-hybridized carbons (Fsp3) is 0.588. The van der Waals surface area contributed by atoms with Crippen LogP contribution in [0.1, 0.15) is 28.8 Å². The SMILES string of the molecule is Cc1ccccc1C(=O)N1CCN(CC2CCCO2)CC1. The number of carbonyl (C=O) groups excluding carboxylic acids is 1. The summed E-state index contributed by atoms with van der Waals surface area (Å²) >= 11 is 0. The van der Waals surface area contributed by atoms with E-state index in [1.165, 1.54) is 12.8 Å². The van der Waals surface area contributed by atoms with E-state index < -0.39 is 0 Å². The highest BCUT2D eigenvalue weighted by molar-refractivity contribution is 5.95. The van der Waals surface area contributed by atoms with E-state index in [2.05, 4.69) is 4.90 Å². The molecule has 21 heavy (non-hydrogen) atoms. The van der Waals surface area contributed by atoms with Crippen molar-refractivity contribution in [3.8, 4) is 0 Å². The van der Waals surface area contributed by atoms with Gasteiger partial charge >= 0.3 is 0 Å². The molecule has 0 aromatic heterocycles. The molecular weight excluding hydrogens is 264 g/mol. The van der Waals surface area contributed by atoms with Crippen molar-refractivity contribution in [3.63, 3.8) is 0 Å². The van der Waals surface area contributed by atoms with Crippen LogP contribution < -0.4 is 0 Å². The number of benzene rings is 1. The molecule has 2 aliphatic heterocycles. The largest absolute Gasteiger partial charge is 0.377 e. The van der Waals surface area contributed by atoms with Gasteiger partial charge in [0.05, 0.1) is 6.10 Å². The Balaban J connectivity index is 1.53. The Morgan fingerprint density at radius 1 is 1.24 bits per heavy atom. The van der Waals surface area contributed by atoms with Crippen LogP contribution in [0, 0.1) is 6.92 Å². The van der Waals surface area contributed by atoms with Crippen LogP contribution in [-0.4, -0.2) is 61.1 Å². The maximum atomic E-state index is 12.6. The molecule has 4 nitrogen and oxygen atoms in total. The fourth-order valence-electron chi connectivity index (χ4n) is 3.19.